The summed E-state index contributed by atoms with van der Waals surface area (Å²) < 4.78 is 22.7. The summed E-state index contributed by atoms with van der Waals surface area (Å²) in [5.41, 5.74) is 0. The van der Waals surface area contributed by atoms with E-state index in [2.05, 4.69) is 269 Å². The van der Waals surface area contributed by atoms with E-state index in [9.17, 15) is 19.5 Å². The molecule has 0 heterocycles. The van der Waals surface area contributed by atoms with Crippen molar-refractivity contribution in [3.05, 3.63) is 255 Å². The number of ether oxygens (including phenoxy) is 4. The maximum Gasteiger partial charge on any atom is 0.306 e. The first kappa shape index (κ1) is 89.8. The molecule has 0 aliphatic carbocycles. The van der Waals surface area contributed by atoms with Crippen molar-refractivity contribution in [1.82, 2.24) is 0 Å². The molecule has 2 unspecified atom stereocenters. The van der Waals surface area contributed by atoms with E-state index in [-0.39, 0.29) is 32.7 Å². The molecule has 0 aliphatic heterocycles. The highest BCUT2D eigenvalue weighted by atomic mass is 16.7. The Balaban J connectivity index is 4.34. The van der Waals surface area contributed by atoms with Gasteiger partial charge in [-0.05, 0) is 173 Å². The summed E-state index contributed by atoms with van der Waals surface area (Å²) in [6, 6.07) is 0. The maximum atomic E-state index is 12.9. The van der Waals surface area contributed by atoms with Gasteiger partial charge in [-0.2, -0.15) is 0 Å². The summed E-state index contributed by atoms with van der Waals surface area (Å²) in [5, 5.41) is 11.8. The molecule has 97 heavy (non-hydrogen) atoms. The number of carbonyl (C=O) groups is 3. The largest absolute Gasteiger partial charge is 0.545 e. The molecule has 2 atom stereocenters. The van der Waals surface area contributed by atoms with Crippen molar-refractivity contribution in [1.29, 1.82) is 0 Å². The summed E-state index contributed by atoms with van der Waals surface area (Å²) in [6.07, 6.45) is 119. The molecule has 0 saturated carbocycles. The second-order valence-electron chi connectivity index (χ2n) is 24.4. The van der Waals surface area contributed by atoms with Gasteiger partial charge >= 0.3 is 11.9 Å². The lowest BCUT2D eigenvalue weighted by Gasteiger charge is -2.26. The van der Waals surface area contributed by atoms with Crippen LogP contribution in [0.2, 0.25) is 0 Å². The zero-order valence-electron chi connectivity index (χ0n) is 61.1. The van der Waals surface area contributed by atoms with E-state index in [1.807, 2.05) is 21.1 Å². The van der Waals surface area contributed by atoms with Crippen molar-refractivity contribution in [2.45, 2.75) is 232 Å². The van der Waals surface area contributed by atoms with Crippen molar-refractivity contribution in [3.8, 4) is 0 Å². The number of aliphatic carboxylic acids is 1. The van der Waals surface area contributed by atoms with Crippen LogP contribution in [-0.4, -0.2) is 82.3 Å². The van der Waals surface area contributed by atoms with Crippen molar-refractivity contribution in [3.63, 3.8) is 0 Å². The predicted molar refractivity (Wildman–Crippen MR) is 415 cm³/mol. The van der Waals surface area contributed by atoms with Gasteiger partial charge in [0.1, 0.15) is 13.2 Å². The first-order valence-corrected chi connectivity index (χ1v) is 36.8. The van der Waals surface area contributed by atoms with E-state index in [4.69, 9.17) is 18.9 Å². The van der Waals surface area contributed by atoms with Crippen LogP contribution >= 0.6 is 0 Å². The number of rotatable bonds is 64. The number of carboxylic acid groups (broad SMARTS) is 1. The molecule has 0 N–H and O–H groups in total. The second kappa shape index (κ2) is 74.6. The molecular formula is C88H131NO8. The minimum Gasteiger partial charge on any atom is -0.545 e. The van der Waals surface area contributed by atoms with Gasteiger partial charge in [-0.25, -0.2) is 0 Å². The van der Waals surface area contributed by atoms with E-state index in [1.54, 1.807) is 0 Å². The molecular weight excluding hydrogens is 1200 g/mol. The zero-order valence-corrected chi connectivity index (χ0v) is 61.1. The zero-order chi connectivity index (χ0) is 70.4. The first-order valence-electron chi connectivity index (χ1n) is 36.8. The van der Waals surface area contributed by atoms with Gasteiger partial charge in [0.2, 0.25) is 0 Å². The van der Waals surface area contributed by atoms with E-state index in [0.717, 1.165) is 180 Å². The molecule has 0 bridgehead atoms. The van der Waals surface area contributed by atoms with Crippen LogP contribution in [0.4, 0.5) is 0 Å². The number of quaternary nitrogens is 1. The molecule has 0 aromatic heterocycles. The highest BCUT2D eigenvalue weighted by Crippen LogP contribution is 2.12. The highest BCUT2D eigenvalue weighted by molar-refractivity contribution is 5.70. The van der Waals surface area contributed by atoms with Gasteiger partial charge in [0.05, 0.1) is 40.3 Å². The van der Waals surface area contributed by atoms with Gasteiger partial charge in [-0.15, -0.1) is 0 Å². The molecule has 0 aliphatic rings. The van der Waals surface area contributed by atoms with Crippen LogP contribution in [0.3, 0.4) is 0 Å². The number of allylic oxidation sites excluding steroid dienone is 42. The van der Waals surface area contributed by atoms with Crippen LogP contribution in [0.1, 0.15) is 219 Å². The first-order chi connectivity index (χ1) is 47.6. The van der Waals surface area contributed by atoms with E-state index >= 15 is 0 Å². The standard InChI is InChI=1S/C88H131NO8/c1-6-8-10-12-14-16-18-20-22-24-26-28-30-32-34-36-38-40-42-43-45-47-49-51-53-55-57-59-61-63-65-67-69-71-73-75-77-79-86(91)97-84(83-96-88(87(92)93)94-81-80-89(3,4)5)82-95-85(90)78-76-74-72-70-68-66-64-62-60-58-56-54-52-50-48-46-44-41-39-37-35-33-31-29-27-25-23-21-19-17-15-13-11-9-7-2/h8-11,14-17,20-23,26-29,32-35,38-41,43,45-46,48-49,51-52,54-55,57-58,60-61,63-64,66-67,69,84,88H,6-7,12-13,18-19,24-25,30-31,36-37,42,44,47,50,53,56,59,62,65,68,70-83H2,1-5H3/b10-8-,11-9-,16-14-,17-15-,22-20-,23-21-,28-26-,29-27-,34-32-,35-33-,40-38-,41-39-,45-43-,48-46-,51-49-,54-52-,57-55-,60-58-,63-61-,66-64-,69-67-. The van der Waals surface area contributed by atoms with Crippen LogP contribution in [-0.2, 0) is 33.3 Å². The van der Waals surface area contributed by atoms with E-state index < -0.39 is 30.3 Å². The molecule has 536 valence electrons. The summed E-state index contributed by atoms with van der Waals surface area (Å²) in [7, 11) is 5.89. The van der Waals surface area contributed by atoms with E-state index in [1.165, 1.54) is 0 Å². The van der Waals surface area contributed by atoms with Crippen molar-refractivity contribution < 1.29 is 42.9 Å². The van der Waals surface area contributed by atoms with Crippen LogP contribution in [0.25, 0.3) is 0 Å². The van der Waals surface area contributed by atoms with E-state index in [0.29, 0.717) is 23.9 Å². The fourth-order valence-electron chi connectivity index (χ4n) is 8.74. The molecule has 0 rings (SSSR count). The topological polar surface area (TPSA) is 111 Å². The van der Waals surface area contributed by atoms with Gasteiger partial charge in [-0.1, -0.05) is 288 Å². The van der Waals surface area contributed by atoms with Crippen LogP contribution < -0.4 is 5.11 Å². The monoisotopic (exact) mass is 1330 g/mol. The molecule has 0 amide bonds. The average molecular weight is 1330 g/mol. The summed E-state index contributed by atoms with van der Waals surface area (Å²) in [6.45, 7) is 4.40. The molecule has 9 nitrogen and oxygen atoms in total. The van der Waals surface area contributed by atoms with Gasteiger partial charge in [0.15, 0.2) is 12.4 Å². The molecule has 0 radical (unpaired) electrons. The van der Waals surface area contributed by atoms with Crippen LogP contribution in [0.15, 0.2) is 255 Å². The minimum absolute atomic E-state index is 0.121. The lowest BCUT2D eigenvalue weighted by Crippen LogP contribution is -2.44. The normalized spacial score (nSPS) is 14.2. The Morgan fingerprint density at radius 1 is 0.309 bits per heavy atom. The number of carboxylic acids is 1. The lowest BCUT2D eigenvalue weighted by molar-refractivity contribution is -0.870. The highest BCUT2D eigenvalue weighted by Gasteiger charge is 2.22. The van der Waals surface area contributed by atoms with Gasteiger partial charge < -0.3 is 33.3 Å². The average Bonchev–Trinajstić information content (AvgIpc) is 3.11. The maximum absolute atomic E-state index is 12.9. The molecule has 0 fully saturated rings. The number of hydrogen-bond acceptors (Lipinski definition) is 8. The molecule has 0 spiro atoms. The second-order valence-corrected chi connectivity index (χ2v) is 24.4. The summed E-state index contributed by atoms with van der Waals surface area (Å²) >= 11 is 0. The number of nitrogens with zero attached hydrogens (tertiary/aromatic N) is 1. The Labute approximate surface area is 592 Å². The van der Waals surface area contributed by atoms with Crippen LogP contribution in [0.5, 0.6) is 0 Å². The Hall–Kier alpha value is -7.17. The molecule has 0 saturated heterocycles. The molecule has 0 aromatic carbocycles. The third-order valence-electron chi connectivity index (χ3n) is 14.3. The molecule has 0 aromatic rings. The number of unbranched alkanes of at least 4 members (excludes halogenated alkanes) is 7. The van der Waals surface area contributed by atoms with Crippen LogP contribution in [0, 0.1) is 0 Å². The predicted octanol–water partition coefficient (Wildman–Crippen LogP) is 22.5. The fourth-order valence-corrected chi connectivity index (χ4v) is 8.74. The smallest absolute Gasteiger partial charge is 0.306 e. The summed E-state index contributed by atoms with van der Waals surface area (Å²) in [5.74, 6) is -2.40. The van der Waals surface area contributed by atoms with Gasteiger partial charge in [-0.3, -0.25) is 9.59 Å². The third-order valence-corrected chi connectivity index (χ3v) is 14.3. The van der Waals surface area contributed by atoms with Crippen molar-refractivity contribution in [2.75, 3.05) is 47.5 Å². The lowest BCUT2D eigenvalue weighted by atomic mass is 10.1. The Morgan fingerprint density at radius 3 is 0.825 bits per heavy atom. The number of carbonyl (C=O) groups excluding carboxylic acids is 3. The van der Waals surface area contributed by atoms with Gasteiger partial charge in [0.25, 0.3) is 0 Å². The minimum atomic E-state index is -1.66. The fraction of sp³-hybridized carbons (Fsp3) is 0.489. The Morgan fingerprint density at radius 2 is 0.557 bits per heavy atom. The Bertz CT molecular complexity index is 2550. The number of hydrogen-bond donors (Lipinski definition) is 0. The SMILES string of the molecule is CC/C=C\C/C=C\C/C=C\C/C=C\C/C=C\C/C=C\C/C=C\C/C=C\C/C=C\C/C=C\C/C=C\CCCCCC(=O)OC(COC(=O)CCCCCC/C=C\C/C=C\C/C=C\C/C=C\C/C=C\C/C=C\C/C=C\C/C=C\C/C=C\C/C=C\CC)COC(OCC[N+](C)(C)C)C(=O)[O-]. The summed E-state index contributed by atoms with van der Waals surface area (Å²) in [4.78, 5) is 37.5. The van der Waals surface area contributed by atoms with Crippen molar-refractivity contribution in [2.24, 2.45) is 0 Å². The quantitative estimate of drug-likeness (QED) is 0.0195. The number of esters is 2. The molecule has 9 heteroatoms. The van der Waals surface area contributed by atoms with Crippen molar-refractivity contribution >= 4 is 17.9 Å². The number of likely N-dealkylation sites (N-methyl/N-ethyl adjacent to an activating group) is 1. The Kier molecular flexibility index (Phi) is 69.1. The van der Waals surface area contributed by atoms with Gasteiger partial charge in [0, 0.05) is 12.8 Å². The third kappa shape index (κ3) is 76.1.